The van der Waals surface area contributed by atoms with Gasteiger partial charge in [0.1, 0.15) is 23.7 Å². The molecule has 1 fully saturated rings. The average molecular weight is 573 g/mol. The molecule has 0 aromatic heterocycles. The lowest BCUT2D eigenvalue weighted by molar-refractivity contribution is -0.144. The van der Waals surface area contributed by atoms with E-state index in [9.17, 15) is 24.3 Å². The maximum absolute atomic E-state index is 13.7. The van der Waals surface area contributed by atoms with Gasteiger partial charge in [-0.1, -0.05) is 29.3 Å². The van der Waals surface area contributed by atoms with Crippen LogP contribution in [0.1, 0.15) is 58.1 Å². The second kappa shape index (κ2) is 13.5. The van der Waals surface area contributed by atoms with Gasteiger partial charge in [0.15, 0.2) is 5.96 Å². The molecule has 3 atom stereocenters. The van der Waals surface area contributed by atoms with Gasteiger partial charge in [0.25, 0.3) is 5.91 Å². The number of nitrogens with zero attached hydrogens (tertiary/aromatic N) is 2. The molecule has 1 heterocycles. The fourth-order valence-corrected chi connectivity index (χ4v) is 4.21. The number of carbonyl (C=O) groups is 4. The Hall–Kier alpha value is -3.25. The maximum Gasteiger partial charge on any atom is 0.408 e. The van der Waals surface area contributed by atoms with Crippen LogP contribution in [0, 0.1) is 0 Å². The van der Waals surface area contributed by atoms with Crippen molar-refractivity contribution < 1.29 is 29.0 Å². The Morgan fingerprint density at radius 3 is 2.45 bits per heavy atom. The summed E-state index contributed by atoms with van der Waals surface area (Å²) < 4.78 is 5.32. The number of ether oxygens (including phenoxy) is 1. The van der Waals surface area contributed by atoms with Crippen molar-refractivity contribution in [2.24, 2.45) is 16.5 Å². The lowest BCUT2D eigenvalue weighted by atomic mass is 10.0. The molecular weight excluding hydrogens is 539 g/mol. The summed E-state index contributed by atoms with van der Waals surface area (Å²) in [4.78, 5) is 56.2. The zero-order valence-electron chi connectivity index (χ0n) is 21.5. The predicted molar refractivity (Wildman–Crippen MR) is 143 cm³/mol. The Balaban J connectivity index is 2.23. The molecule has 1 aliphatic rings. The standard InChI is InChI=1S/C24H34Cl2N6O6/c1-24(2,3)38-23(37)31-18(13-8-9-14(25)15(26)12-13)20(34)32-11-5-7-17(32)19(33)30-16(21(35)36)6-4-10-29-22(27)28/h8-9,12,16-18H,4-7,10-11H2,1-3H3,(H,30,33)(H,31,37)(H,35,36)(H4,27,28,29)/t16-,17-,18+/m0/s1. The Kier molecular flexibility index (Phi) is 11.0. The van der Waals surface area contributed by atoms with Crippen molar-refractivity contribution in [3.63, 3.8) is 0 Å². The van der Waals surface area contributed by atoms with Crippen LogP contribution in [0.5, 0.6) is 0 Å². The molecule has 38 heavy (non-hydrogen) atoms. The number of halogens is 2. The fourth-order valence-electron chi connectivity index (χ4n) is 3.90. The summed E-state index contributed by atoms with van der Waals surface area (Å²) in [5, 5.41) is 15.1. The number of guanidine groups is 1. The number of nitrogens with one attached hydrogen (secondary N) is 2. The molecule has 0 saturated carbocycles. The highest BCUT2D eigenvalue weighted by Crippen LogP contribution is 2.29. The summed E-state index contributed by atoms with van der Waals surface area (Å²) in [6.07, 6.45) is 0.394. The minimum Gasteiger partial charge on any atom is -0.480 e. The molecule has 0 bridgehead atoms. The first-order valence-electron chi connectivity index (χ1n) is 12.0. The molecule has 1 aromatic carbocycles. The van der Waals surface area contributed by atoms with Crippen LogP contribution in [0.3, 0.4) is 0 Å². The van der Waals surface area contributed by atoms with Gasteiger partial charge in [-0.3, -0.25) is 14.6 Å². The monoisotopic (exact) mass is 572 g/mol. The number of carbonyl (C=O) groups excluding carboxylic acids is 3. The summed E-state index contributed by atoms with van der Waals surface area (Å²) in [6, 6.07) is 1.11. The lowest BCUT2D eigenvalue weighted by Gasteiger charge is -2.30. The van der Waals surface area contributed by atoms with Crippen molar-refractivity contribution in [3.05, 3.63) is 33.8 Å². The third-order valence-electron chi connectivity index (χ3n) is 5.58. The number of carboxylic acid groups (broad SMARTS) is 1. The third kappa shape index (κ3) is 9.25. The Bertz CT molecular complexity index is 1070. The first-order valence-corrected chi connectivity index (χ1v) is 12.8. The zero-order chi connectivity index (χ0) is 28.6. The molecule has 1 aliphatic heterocycles. The summed E-state index contributed by atoms with van der Waals surface area (Å²) in [6.45, 7) is 5.48. The quantitative estimate of drug-likeness (QED) is 0.160. The molecule has 1 saturated heterocycles. The number of hydrogen-bond acceptors (Lipinski definition) is 6. The van der Waals surface area contributed by atoms with Crippen LogP contribution in [0.25, 0.3) is 0 Å². The third-order valence-corrected chi connectivity index (χ3v) is 6.32. The van der Waals surface area contributed by atoms with Gasteiger partial charge < -0.3 is 36.8 Å². The molecule has 3 amide bonds. The van der Waals surface area contributed by atoms with Crippen molar-refractivity contribution in [3.8, 4) is 0 Å². The molecule has 1 aromatic rings. The predicted octanol–water partition coefficient (Wildman–Crippen LogP) is 2.17. The molecular formula is C24H34Cl2N6O6. The highest BCUT2D eigenvalue weighted by molar-refractivity contribution is 6.42. The van der Waals surface area contributed by atoms with E-state index in [-0.39, 0.29) is 35.5 Å². The summed E-state index contributed by atoms with van der Waals surface area (Å²) in [5.41, 5.74) is 10.1. The Morgan fingerprint density at radius 2 is 1.87 bits per heavy atom. The van der Waals surface area contributed by atoms with Gasteiger partial charge in [0.2, 0.25) is 5.91 Å². The van der Waals surface area contributed by atoms with E-state index in [1.54, 1.807) is 20.8 Å². The molecule has 0 spiro atoms. The summed E-state index contributed by atoms with van der Waals surface area (Å²) in [7, 11) is 0. The van der Waals surface area contributed by atoms with Crippen molar-refractivity contribution in [2.45, 2.75) is 70.2 Å². The van der Waals surface area contributed by atoms with E-state index >= 15 is 0 Å². The largest absolute Gasteiger partial charge is 0.480 e. The highest BCUT2D eigenvalue weighted by atomic mass is 35.5. The van der Waals surface area contributed by atoms with Crippen LogP contribution in [-0.4, -0.2) is 70.6 Å². The number of likely N-dealkylation sites (tertiary alicyclic amines) is 1. The molecule has 0 unspecified atom stereocenters. The number of aliphatic imine (C=N–C) groups is 1. The van der Waals surface area contributed by atoms with Crippen LogP contribution in [0.15, 0.2) is 23.2 Å². The van der Waals surface area contributed by atoms with Crippen LogP contribution in [-0.2, 0) is 19.1 Å². The van der Waals surface area contributed by atoms with Crippen molar-refractivity contribution in [1.29, 1.82) is 0 Å². The number of alkyl carbamates (subject to hydrolysis) is 1. The van der Waals surface area contributed by atoms with E-state index in [2.05, 4.69) is 15.6 Å². The minimum atomic E-state index is -1.23. The van der Waals surface area contributed by atoms with Crippen LogP contribution in [0.4, 0.5) is 4.79 Å². The molecule has 14 heteroatoms. The van der Waals surface area contributed by atoms with Gasteiger partial charge in [-0.25, -0.2) is 9.59 Å². The van der Waals surface area contributed by atoms with E-state index in [0.717, 1.165) is 0 Å². The topological polar surface area (TPSA) is 189 Å². The van der Waals surface area contributed by atoms with E-state index < -0.39 is 47.6 Å². The Labute approximate surface area is 231 Å². The molecule has 2 rings (SSSR count). The average Bonchev–Trinajstić information content (AvgIpc) is 3.29. The molecule has 0 radical (unpaired) electrons. The van der Waals surface area contributed by atoms with Gasteiger partial charge in [-0.15, -0.1) is 0 Å². The van der Waals surface area contributed by atoms with Gasteiger partial charge in [-0.2, -0.15) is 0 Å². The maximum atomic E-state index is 13.7. The number of amides is 3. The SMILES string of the molecule is CC(C)(C)OC(=O)N[C@@H](C(=O)N1CCC[C@H]1C(=O)N[C@@H](CCCN=C(N)N)C(=O)O)c1ccc(Cl)c(Cl)c1. The van der Waals surface area contributed by atoms with Gasteiger partial charge >= 0.3 is 12.1 Å². The fraction of sp³-hybridized carbons (Fsp3) is 0.542. The number of hydrogen-bond donors (Lipinski definition) is 5. The second-order valence-corrected chi connectivity index (χ2v) is 10.6. The summed E-state index contributed by atoms with van der Waals surface area (Å²) >= 11 is 12.2. The smallest absolute Gasteiger partial charge is 0.408 e. The van der Waals surface area contributed by atoms with Crippen molar-refractivity contribution in [1.82, 2.24) is 15.5 Å². The van der Waals surface area contributed by atoms with E-state index in [1.807, 2.05) is 0 Å². The van der Waals surface area contributed by atoms with Gasteiger partial charge in [-0.05, 0) is 64.2 Å². The number of rotatable bonds is 10. The second-order valence-electron chi connectivity index (χ2n) is 9.79. The molecule has 12 nitrogen and oxygen atoms in total. The van der Waals surface area contributed by atoms with Crippen LogP contribution < -0.4 is 22.1 Å². The lowest BCUT2D eigenvalue weighted by Crippen LogP contribution is -2.53. The first-order chi connectivity index (χ1) is 17.7. The minimum absolute atomic E-state index is 0.0879. The first kappa shape index (κ1) is 31.0. The van der Waals surface area contributed by atoms with Crippen molar-refractivity contribution in [2.75, 3.05) is 13.1 Å². The van der Waals surface area contributed by atoms with Crippen LogP contribution >= 0.6 is 23.2 Å². The molecule has 0 aliphatic carbocycles. The van der Waals surface area contributed by atoms with E-state index in [0.29, 0.717) is 24.8 Å². The number of carboxylic acids is 1. The summed E-state index contributed by atoms with van der Waals surface area (Å²) in [5.74, 6) is -2.53. The number of aliphatic carboxylic acids is 1. The normalized spacial score (nSPS) is 16.8. The Morgan fingerprint density at radius 1 is 1.18 bits per heavy atom. The van der Waals surface area contributed by atoms with E-state index in [1.165, 1.54) is 23.1 Å². The van der Waals surface area contributed by atoms with Gasteiger partial charge in [0, 0.05) is 13.1 Å². The van der Waals surface area contributed by atoms with E-state index in [4.69, 9.17) is 39.4 Å². The molecule has 210 valence electrons. The number of nitrogens with two attached hydrogens (primary N) is 2. The zero-order valence-corrected chi connectivity index (χ0v) is 23.0. The molecule has 7 N–H and O–H groups in total. The number of benzene rings is 1. The van der Waals surface area contributed by atoms with Crippen LogP contribution in [0.2, 0.25) is 10.0 Å². The highest BCUT2D eigenvalue weighted by Gasteiger charge is 2.40. The van der Waals surface area contributed by atoms with Crippen molar-refractivity contribution >= 4 is 53.0 Å². The van der Waals surface area contributed by atoms with Gasteiger partial charge in [0.05, 0.1) is 10.0 Å².